The molecule has 1 aliphatic carbocycles. The van der Waals surface area contributed by atoms with Crippen molar-refractivity contribution in [1.29, 1.82) is 0 Å². The predicted molar refractivity (Wildman–Crippen MR) is 73.0 cm³/mol. The van der Waals surface area contributed by atoms with Crippen molar-refractivity contribution in [2.75, 3.05) is 11.9 Å². The summed E-state index contributed by atoms with van der Waals surface area (Å²) in [7, 11) is 0. The Morgan fingerprint density at radius 1 is 1.32 bits per heavy atom. The van der Waals surface area contributed by atoms with Crippen LogP contribution in [0.4, 0.5) is 10.1 Å². The number of aromatic carboxylic acids is 1. The molecule has 2 N–H and O–H groups in total. The van der Waals surface area contributed by atoms with E-state index >= 15 is 0 Å². The van der Waals surface area contributed by atoms with Crippen LogP contribution in [-0.2, 0) is 0 Å². The summed E-state index contributed by atoms with van der Waals surface area (Å²) < 4.78 is 13.5. The zero-order valence-corrected chi connectivity index (χ0v) is 11.0. The van der Waals surface area contributed by atoms with E-state index in [0.29, 0.717) is 5.69 Å². The number of nitrogens with one attached hydrogen (secondary N) is 1. The first-order valence-electron chi connectivity index (χ1n) is 6.93. The molecule has 1 aliphatic rings. The standard InChI is InChI=1S/C15H20FNO2/c16-14-10-12(6-7-13(14)15(18)19)17-9-8-11-4-2-1-3-5-11/h6-7,10-11,17H,1-5,8-9H2,(H,18,19). The average molecular weight is 265 g/mol. The number of carbonyl (C=O) groups is 1. The van der Waals surface area contributed by atoms with E-state index in [0.717, 1.165) is 18.9 Å². The molecule has 4 heteroatoms. The lowest BCUT2D eigenvalue weighted by atomic mass is 9.87. The molecule has 0 radical (unpaired) electrons. The van der Waals surface area contributed by atoms with Crippen LogP contribution in [0.2, 0.25) is 0 Å². The molecular weight excluding hydrogens is 245 g/mol. The van der Waals surface area contributed by atoms with E-state index in [4.69, 9.17) is 5.11 Å². The number of hydrogen-bond acceptors (Lipinski definition) is 2. The highest BCUT2D eigenvalue weighted by atomic mass is 19.1. The van der Waals surface area contributed by atoms with Gasteiger partial charge in [0.1, 0.15) is 5.82 Å². The van der Waals surface area contributed by atoms with Crippen molar-refractivity contribution >= 4 is 11.7 Å². The SMILES string of the molecule is O=C(O)c1ccc(NCCC2CCCCC2)cc1F. The minimum atomic E-state index is -1.23. The third-order valence-corrected chi connectivity index (χ3v) is 3.81. The van der Waals surface area contributed by atoms with E-state index in [1.807, 2.05) is 0 Å². The number of benzene rings is 1. The zero-order chi connectivity index (χ0) is 13.7. The Hall–Kier alpha value is -1.58. The van der Waals surface area contributed by atoms with Gasteiger partial charge in [-0.25, -0.2) is 9.18 Å². The summed E-state index contributed by atoms with van der Waals surface area (Å²) in [6.07, 6.45) is 7.70. The summed E-state index contributed by atoms with van der Waals surface area (Å²) in [6, 6.07) is 4.18. The Balaban J connectivity index is 1.82. The highest BCUT2D eigenvalue weighted by Crippen LogP contribution is 2.26. The van der Waals surface area contributed by atoms with Crippen LogP contribution in [0.25, 0.3) is 0 Å². The Morgan fingerprint density at radius 3 is 2.68 bits per heavy atom. The van der Waals surface area contributed by atoms with E-state index in [9.17, 15) is 9.18 Å². The van der Waals surface area contributed by atoms with Gasteiger partial charge in [0.05, 0.1) is 5.56 Å². The van der Waals surface area contributed by atoms with Crippen molar-refractivity contribution in [3.05, 3.63) is 29.6 Å². The van der Waals surface area contributed by atoms with Crippen molar-refractivity contribution in [2.45, 2.75) is 38.5 Å². The maximum Gasteiger partial charge on any atom is 0.338 e. The zero-order valence-electron chi connectivity index (χ0n) is 11.0. The van der Waals surface area contributed by atoms with Gasteiger partial charge in [0.25, 0.3) is 0 Å². The average Bonchev–Trinajstić information content (AvgIpc) is 2.39. The highest BCUT2D eigenvalue weighted by molar-refractivity contribution is 5.88. The van der Waals surface area contributed by atoms with Gasteiger partial charge in [-0.05, 0) is 30.5 Å². The largest absolute Gasteiger partial charge is 0.478 e. The molecule has 0 amide bonds. The molecule has 0 aliphatic heterocycles. The molecule has 0 bridgehead atoms. The molecule has 3 nitrogen and oxygen atoms in total. The lowest BCUT2D eigenvalue weighted by Crippen LogP contribution is -2.12. The molecule has 0 heterocycles. The first kappa shape index (κ1) is 13.8. The molecule has 0 atom stereocenters. The predicted octanol–water partition coefficient (Wildman–Crippen LogP) is 3.91. The quantitative estimate of drug-likeness (QED) is 0.848. The van der Waals surface area contributed by atoms with Crippen LogP contribution in [0, 0.1) is 11.7 Å². The Labute approximate surface area is 112 Å². The van der Waals surface area contributed by atoms with Crippen LogP contribution in [-0.4, -0.2) is 17.6 Å². The molecule has 0 saturated heterocycles. The third-order valence-electron chi connectivity index (χ3n) is 3.81. The van der Waals surface area contributed by atoms with Crippen molar-refractivity contribution in [1.82, 2.24) is 0 Å². The van der Waals surface area contributed by atoms with Crippen LogP contribution >= 0.6 is 0 Å². The summed E-state index contributed by atoms with van der Waals surface area (Å²) in [6.45, 7) is 0.816. The molecule has 19 heavy (non-hydrogen) atoms. The minimum absolute atomic E-state index is 0.280. The van der Waals surface area contributed by atoms with Crippen LogP contribution in [0.5, 0.6) is 0 Å². The Bertz CT molecular complexity index is 442. The normalized spacial score (nSPS) is 16.3. The maximum absolute atomic E-state index is 13.5. The van der Waals surface area contributed by atoms with Crippen molar-refractivity contribution in [3.63, 3.8) is 0 Å². The first-order chi connectivity index (χ1) is 9.16. The third kappa shape index (κ3) is 3.94. The van der Waals surface area contributed by atoms with Crippen LogP contribution in [0.1, 0.15) is 48.9 Å². The van der Waals surface area contributed by atoms with Gasteiger partial charge >= 0.3 is 5.97 Å². The van der Waals surface area contributed by atoms with Crippen molar-refractivity contribution in [2.24, 2.45) is 5.92 Å². The molecule has 2 rings (SSSR count). The molecule has 1 saturated carbocycles. The van der Waals surface area contributed by atoms with E-state index in [2.05, 4.69) is 5.32 Å². The maximum atomic E-state index is 13.5. The number of halogens is 1. The van der Waals surface area contributed by atoms with Gasteiger partial charge in [-0.3, -0.25) is 0 Å². The van der Waals surface area contributed by atoms with E-state index in [1.54, 1.807) is 6.07 Å². The number of carboxylic acids is 1. The second-order valence-corrected chi connectivity index (χ2v) is 5.22. The molecule has 0 spiro atoms. The molecule has 1 aromatic carbocycles. The molecule has 0 unspecified atom stereocenters. The molecule has 104 valence electrons. The number of hydrogen-bond donors (Lipinski definition) is 2. The summed E-state index contributed by atoms with van der Waals surface area (Å²) in [5.74, 6) is -1.13. The minimum Gasteiger partial charge on any atom is -0.478 e. The smallest absolute Gasteiger partial charge is 0.338 e. The van der Waals surface area contributed by atoms with Crippen molar-refractivity contribution < 1.29 is 14.3 Å². The molecule has 1 fully saturated rings. The first-order valence-corrected chi connectivity index (χ1v) is 6.93. The summed E-state index contributed by atoms with van der Waals surface area (Å²) in [5.41, 5.74) is 0.371. The van der Waals surface area contributed by atoms with Gasteiger partial charge < -0.3 is 10.4 Å². The fraction of sp³-hybridized carbons (Fsp3) is 0.533. The van der Waals surface area contributed by atoms with E-state index in [-0.39, 0.29) is 5.56 Å². The van der Waals surface area contributed by atoms with Gasteiger partial charge in [0, 0.05) is 12.2 Å². The van der Waals surface area contributed by atoms with Gasteiger partial charge in [-0.2, -0.15) is 0 Å². The lowest BCUT2D eigenvalue weighted by molar-refractivity contribution is 0.0692. The van der Waals surface area contributed by atoms with Gasteiger partial charge in [0.2, 0.25) is 0 Å². The monoisotopic (exact) mass is 265 g/mol. The summed E-state index contributed by atoms with van der Waals surface area (Å²) >= 11 is 0. The van der Waals surface area contributed by atoms with E-state index in [1.165, 1.54) is 44.2 Å². The number of anilines is 1. The van der Waals surface area contributed by atoms with Crippen LogP contribution in [0.3, 0.4) is 0 Å². The second-order valence-electron chi connectivity index (χ2n) is 5.22. The molecular formula is C15H20FNO2. The molecule has 0 aromatic heterocycles. The topological polar surface area (TPSA) is 49.3 Å². The highest BCUT2D eigenvalue weighted by Gasteiger charge is 2.13. The van der Waals surface area contributed by atoms with Crippen LogP contribution in [0.15, 0.2) is 18.2 Å². The number of rotatable bonds is 5. The van der Waals surface area contributed by atoms with E-state index < -0.39 is 11.8 Å². The lowest BCUT2D eigenvalue weighted by Gasteiger charge is -2.21. The fourth-order valence-electron chi connectivity index (χ4n) is 2.69. The van der Waals surface area contributed by atoms with Gasteiger partial charge in [-0.15, -0.1) is 0 Å². The van der Waals surface area contributed by atoms with Gasteiger partial charge in [-0.1, -0.05) is 32.1 Å². The number of carboxylic acid groups (broad SMARTS) is 1. The summed E-state index contributed by atoms with van der Waals surface area (Å²) in [4.78, 5) is 10.7. The summed E-state index contributed by atoms with van der Waals surface area (Å²) in [5, 5.41) is 11.9. The molecule has 1 aromatic rings. The van der Waals surface area contributed by atoms with Crippen molar-refractivity contribution in [3.8, 4) is 0 Å². The van der Waals surface area contributed by atoms with Crippen LogP contribution < -0.4 is 5.32 Å². The Kier molecular flexibility index (Phi) is 4.77. The van der Waals surface area contributed by atoms with Gasteiger partial charge in [0.15, 0.2) is 0 Å². The fourth-order valence-corrected chi connectivity index (χ4v) is 2.69. The Morgan fingerprint density at radius 2 is 2.05 bits per heavy atom. The second kappa shape index (κ2) is 6.55.